The SMILES string of the molecule is CC[NH+]1CC[NH+]([C@H](CC(C)C)c2nnnn2Cc2ccc(F)cc2)CC1. The van der Waals surface area contributed by atoms with Crippen molar-refractivity contribution in [3.05, 3.63) is 41.5 Å². The van der Waals surface area contributed by atoms with Gasteiger partial charge in [-0.05, 0) is 41.0 Å². The predicted molar refractivity (Wildman–Crippen MR) is 97.4 cm³/mol. The van der Waals surface area contributed by atoms with Gasteiger partial charge in [0.05, 0.1) is 13.1 Å². The maximum atomic E-state index is 13.2. The number of nitrogens with zero attached hydrogens (tertiary/aromatic N) is 4. The highest BCUT2D eigenvalue weighted by atomic mass is 19.1. The Morgan fingerprint density at radius 3 is 2.42 bits per heavy atom. The Bertz CT molecular complexity index is 676. The molecule has 0 bridgehead atoms. The van der Waals surface area contributed by atoms with Gasteiger partial charge in [-0.1, -0.05) is 26.0 Å². The van der Waals surface area contributed by atoms with Gasteiger partial charge in [-0.3, -0.25) is 0 Å². The Morgan fingerprint density at radius 1 is 1.12 bits per heavy atom. The molecule has 2 aromatic rings. The minimum atomic E-state index is -0.218. The van der Waals surface area contributed by atoms with Crippen LogP contribution in [0.3, 0.4) is 0 Å². The number of piperazine rings is 1. The second-order valence-electron chi connectivity index (χ2n) is 7.77. The van der Waals surface area contributed by atoms with Crippen molar-refractivity contribution in [2.45, 2.75) is 39.8 Å². The van der Waals surface area contributed by atoms with Gasteiger partial charge in [-0.15, -0.1) is 5.10 Å². The number of halogens is 1. The molecule has 0 spiro atoms. The summed E-state index contributed by atoms with van der Waals surface area (Å²) in [6.07, 6.45) is 1.07. The van der Waals surface area contributed by atoms with Gasteiger partial charge < -0.3 is 9.80 Å². The lowest BCUT2D eigenvalue weighted by Crippen LogP contribution is -3.28. The molecule has 0 saturated carbocycles. The summed E-state index contributed by atoms with van der Waals surface area (Å²) in [5, 5.41) is 12.6. The number of nitrogens with one attached hydrogen (secondary N) is 2. The van der Waals surface area contributed by atoms with E-state index in [1.807, 2.05) is 4.68 Å². The maximum absolute atomic E-state index is 13.2. The van der Waals surface area contributed by atoms with Crippen LogP contribution in [0.15, 0.2) is 24.3 Å². The summed E-state index contributed by atoms with van der Waals surface area (Å²) < 4.78 is 15.1. The highest BCUT2D eigenvalue weighted by Crippen LogP contribution is 2.17. The van der Waals surface area contributed by atoms with E-state index in [1.165, 1.54) is 31.8 Å². The first-order valence-corrected chi connectivity index (χ1v) is 9.75. The van der Waals surface area contributed by atoms with Gasteiger partial charge in [-0.25, -0.2) is 9.07 Å². The van der Waals surface area contributed by atoms with Gasteiger partial charge in [0.1, 0.15) is 32.0 Å². The lowest BCUT2D eigenvalue weighted by molar-refractivity contribution is -1.03. The average Bonchev–Trinajstić information content (AvgIpc) is 3.09. The number of hydrogen-bond acceptors (Lipinski definition) is 3. The van der Waals surface area contributed by atoms with Crippen molar-refractivity contribution >= 4 is 0 Å². The van der Waals surface area contributed by atoms with Gasteiger partial charge in [0, 0.05) is 6.42 Å². The van der Waals surface area contributed by atoms with Gasteiger partial charge in [0.25, 0.3) is 0 Å². The Kier molecular flexibility index (Phi) is 6.32. The number of quaternary nitrogens is 2. The second kappa shape index (κ2) is 8.68. The lowest BCUT2D eigenvalue weighted by Gasteiger charge is -2.34. The zero-order valence-corrected chi connectivity index (χ0v) is 16.1. The fourth-order valence-corrected chi connectivity index (χ4v) is 3.89. The summed E-state index contributed by atoms with van der Waals surface area (Å²) in [5.74, 6) is 1.32. The molecule has 0 aliphatic carbocycles. The van der Waals surface area contributed by atoms with E-state index >= 15 is 0 Å². The molecule has 2 heterocycles. The fourth-order valence-electron chi connectivity index (χ4n) is 3.89. The van der Waals surface area contributed by atoms with E-state index in [0.29, 0.717) is 18.5 Å². The Morgan fingerprint density at radius 2 is 1.81 bits per heavy atom. The van der Waals surface area contributed by atoms with Crippen LogP contribution >= 0.6 is 0 Å². The fraction of sp³-hybridized carbons (Fsp3) is 0.632. The largest absolute Gasteiger partial charge is 0.326 e. The van der Waals surface area contributed by atoms with E-state index in [-0.39, 0.29) is 5.82 Å². The molecule has 1 fully saturated rings. The van der Waals surface area contributed by atoms with E-state index in [9.17, 15) is 4.39 Å². The monoisotopic (exact) mass is 362 g/mol. The molecular weight excluding hydrogens is 331 g/mol. The molecule has 2 N–H and O–H groups in total. The first-order chi connectivity index (χ1) is 12.6. The van der Waals surface area contributed by atoms with Crippen molar-refractivity contribution in [2.75, 3.05) is 32.7 Å². The molecule has 0 unspecified atom stereocenters. The average molecular weight is 362 g/mol. The van der Waals surface area contributed by atoms with Crippen LogP contribution in [0.25, 0.3) is 0 Å². The molecule has 1 aromatic heterocycles. The highest BCUT2D eigenvalue weighted by Gasteiger charge is 2.34. The summed E-state index contributed by atoms with van der Waals surface area (Å²) in [4.78, 5) is 3.27. The molecule has 142 valence electrons. The van der Waals surface area contributed by atoms with Crippen LogP contribution in [0.1, 0.15) is 44.6 Å². The summed E-state index contributed by atoms with van der Waals surface area (Å²) in [7, 11) is 0. The Balaban J connectivity index is 1.79. The van der Waals surface area contributed by atoms with E-state index in [1.54, 1.807) is 21.9 Å². The van der Waals surface area contributed by atoms with Crippen molar-refractivity contribution in [2.24, 2.45) is 5.92 Å². The van der Waals surface area contributed by atoms with E-state index in [0.717, 1.165) is 30.9 Å². The molecule has 1 aliphatic rings. The molecular formula is C19H31FN6+2. The normalized spacial score (nSPS) is 21.9. The predicted octanol–water partition coefficient (Wildman–Crippen LogP) is -0.249. The number of aromatic nitrogens is 4. The van der Waals surface area contributed by atoms with Gasteiger partial charge in [-0.2, -0.15) is 0 Å². The lowest BCUT2D eigenvalue weighted by atomic mass is 10.0. The molecule has 1 saturated heterocycles. The van der Waals surface area contributed by atoms with E-state index in [4.69, 9.17) is 0 Å². The minimum absolute atomic E-state index is 0.218. The first kappa shape index (κ1) is 18.9. The van der Waals surface area contributed by atoms with Gasteiger partial charge in [0.15, 0.2) is 6.04 Å². The summed E-state index contributed by atoms with van der Waals surface area (Å²) >= 11 is 0. The van der Waals surface area contributed by atoms with Crippen LogP contribution in [0, 0.1) is 11.7 Å². The maximum Gasteiger partial charge on any atom is 0.209 e. The summed E-state index contributed by atoms with van der Waals surface area (Å²) in [6.45, 7) is 13.3. The minimum Gasteiger partial charge on any atom is -0.326 e. The first-order valence-electron chi connectivity index (χ1n) is 9.75. The molecule has 1 aliphatic heterocycles. The summed E-state index contributed by atoms with van der Waals surface area (Å²) in [5.41, 5.74) is 1.01. The molecule has 0 radical (unpaired) electrons. The second-order valence-corrected chi connectivity index (χ2v) is 7.77. The topological polar surface area (TPSA) is 52.5 Å². The molecule has 3 rings (SSSR count). The highest BCUT2D eigenvalue weighted by molar-refractivity contribution is 5.16. The quantitative estimate of drug-likeness (QED) is 0.714. The number of tetrazole rings is 1. The molecule has 26 heavy (non-hydrogen) atoms. The third-order valence-corrected chi connectivity index (χ3v) is 5.42. The van der Waals surface area contributed by atoms with Crippen LogP contribution < -0.4 is 9.80 Å². The van der Waals surface area contributed by atoms with Crippen molar-refractivity contribution in [1.29, 1.82) is 0 Å². The summed E-state index contributed by atoms with van der Waals surface area (Å²) in [6, 6.07) is 6.89. The van der Waals surface area contributed by atoms with Crippen molar-refractivity contribution < 1.29 is 14.2 Å². The van der Waals surface area contributed by atoms with Crippen molar-refractivity contribution in [3.8, 4) is 0 Å². The van der Waals surface area contributed by atoms with E-state index in [2.05, 4.69) is 36.3 Å². The Labute approximate surface area is 155 Å². The Hall–Kier alpha value is -1.86. The number of rotatable bonds is 7. The van der Waals surface area contributed by atoms with Gasteiger partial charge in [0.2, 0.25) is 5.82 Å². The van der Waals surface area contributed by atoms with Crippen LogP contribution in [0.2, 0.25) is 0 Å². The zero-order chi connectivity index (χ0) is 18.5. The third kappa shape index (κ3) is 4.65. The van der Waals surface area contributed by atoms with Crippen LogP contribution in [0.4, 0.5) is 4.39 Å². The number of benzene rings is 1. The molecule has 6 nitrogen and oxygen atoms in total. The molecule has 0 amide bonds. The van der Waals surface area contributed by atoms with Crippen LogP contribution in [-0.4, -0.2) is 52.9 Å². The van der Waals surface area contributed by atoms with E-state index < -0.39 is 0 Å². The molecule has 1 atom stereocenters. The molecule has 7 heteroatoms. The van der Waals surface area contributed by atoms with Crippen molar-refractivity contribution in [1.82, 2.24) is 20.2 Å². The van der Waals surface area contributed by atoms with Crippen molar-refractivity contribution in [3.63, 3.8) is 0 Å². The third-order valence-electron chi connectivity index (χ3n) is 5.42. The van der Waals surface area contributed by atoms with Crippen LogP contribution in [-0.2, 0) is 6.54 Å². The van der Waals surface area contributed by atoms with Gasteiger partial charge >= 0.3 is 0 Å². The molecule has 1 aromatic carbocycles. The zero-order valence-electron chi connectivity index (χ0n) is 16.1. The smallest absolute Gasteiger partial charge is 0.209 e. The van der Waals surface area contributed by atoms with Crippen LogP contribution in [0.5, 0.6) is 0 Å². The number of hydrogen-bond donors (Lipinski definition) is 2. The standard InChI is InChI=1S/C19H29FN6/c1-4-24-9-11-25(12-10-24)18(13-15(2)3)19-21-22-23-26(19)14-16-5-7-17(20)8-6-16/h5-8,15,18H,4,9-14H2,1-3H3/p+2/t18-/m1/s1. The number of likely N-dealkylation sites (N-methyl/N-ethyl adjacent to an activating group) is 1.